The van der Waals surface area contributed by atoms with Gasteiger partial charge in [0.05, 0.1) is 18.2 Å². The highest BCUT2D eigenvalue weighted by Gasteiger charge is 2.25. The number of carbonyl (C=O) groups is 2. The van der Waals surface area contributed by atoms with E-state index in [4.69, 9.17) is 9.47 Å². The standard InChI is InChI=1S/C26H32O5/c1-3-4-5-6-18-7-9-19(10-8-18)20-11-16-23(24(17-20)25(27)28)26(29)31-22-14-12-21(30-2)13-15-22/h11-19H,3-10H2,1-2H3,(H,27,28)/t18-,19-. The number of hydrogen-bond donors (Lipinski definition) is 1. The summed E-state index contributed by atoms with van der Waals surface area (Å²) in [6.07, 6.45) is 9.70. The van der Waals surface area contributed by atoms with Crippen LogP contribution < -0.4 is 9.47 Å². The fraction of sp³-hybridized carbons (Fsp3) is 0.462. The Morgan fingerprint density at radius 1 is 0.935 bits per heavy atom. The number of unbranched alkanes of at least 4 members (excludes halogenated alkanes) is 2. The number of carboxylic acid groups (broad SMARTS) is 1. The van der Waals surface area contributed by atoms with E-state index >= 15 is 0 Å². The molecule has 0 unspecified atom stereocenters. The van der Waals surface area contributed by atoms with Gasteiger partial charge in [-0.15, -0.1) is 0 Å². The van der Waals surface area contributed by atoms with Crippen molar-refractivity contribution >= 4 is 11.9 Å². The number of ether oxygens (including phenoxy) is 2. The van der Waals surface area contributed by atoms with Crippen molar-refractivity contribution in [2.75, 3.05) is 7.11 Å². The van der Waals surface area contributed by atoms with Crippen molar-refractivity contribution in [3.8, 4) is 11.5 Å². The van der Waals surface area contributed by atoms with E-state index in [1.165, 1.54) is 38.5 Å². The molecule has 0 spiro atoms. The number of hydrogen-bond acceptors (Lipinski definition) is 4. The van der Waals surface area contributed by atoms with Crippen LogP contribution in [0.15, 0.2) is 42.5 Å². The van der Waals surface area contributed by atoms with Crippen molar-refractivity contribution in [3.05, 3.63) is 59.2 Å². The van der Waals surface area contributed by atoms with Crippen molar-refractivity contribution in [2.45, 2.75) is 64.2 Å². The minimum Gasteiger partial charge on any atom is -0.497 e. The van der Waals surface area contributed by atoms with Crippen molar-refractivity contribution < 1.29 is 24.2 Å². The molecule has 1 saturated carbocycles. The Hall–Kier alpha value is -2.82. The maximum atomic E-state index is 12.6. The smallest absolute Gasteiger partial charge is 0.344 e. The van der Waals surface area contributed by atoms with Crippen LogP contribution in [0.4, 0.5) is 0 Å². The quantitative estimate of drug-likeness (QED) is 0.284. The topological polar surface area (TPSA) is 72.8 Å². The van der Waals surface area contributed by atoms with Gasteiger partial charge in [-0.3, -0.25) is 0 Å². The van der Waals surface area contributed by atoms with Gasteiger partial charge in [-0.05, 0) is 79.5 Å². The molecule has 0 heterocycles. The van der Waals surface area contributed by atoms with Crippen LogP contribution in [0.3, 0.4) is 0 Å². The lowest BCUT2D eigenvalue weighted by molar-refractivity contribution is 0.0667. The van der Waals surface area contributed by atoms with Crippen molar-refractivity contribution in [1.29, 1.82) is 0 Å². The Balaban J connectivity index is 1.68. The summed E-state index contributed by atoms with van der Waals surface area (Å²) < 4.78 is 10.5. The van der Waals surface area contributed by atoms with E-state index in [-0.39, 0.29) is 11.1 Å². The summed E-state index contributed by atoms with van der Waals surface area (Å²) in [7, 11) is 1.56. The molecular weight excluding hydrogens is 392 g/mol. The Morgan fingerprint density at radius 3 is 2.23 bits per heavy atom. The normalized spacial score (nSPS) is 18.4. The third kappa shape index (κ3) is 6.09. The lowest BCUT2D eigenvalue weighted by Crippen LogP contribution is -2.17. The average Bonchev–Trinajstić information content (AvgIpc) is 2.79. The maximum Gasteiger partial charge on any atom is 0.344 e. The Bertz CT molecular complexity index is 879. The Morgan fingerprint density at radius 2 is 1.61 bits per heavy atom. The predicted octanol–water partition coefficient (Wildman–Crippen LogP) is 6.47. The molecule has 0 saturated heterocycles. The summed E-state index contributed by atoms with van der Waals surface area (Å²) in [4.78, 5) is 24.5. The summed E-state index contributed by atoms with van der Waals surface area (Å²) >= 11 is 0. The molecular formula is C26H32O5. The van der Waals surface area contributed by atoms with Crippen molar-refractivity contribution in [1.82, 2.24) is 0 Å². The van der Waals surface area contributed by atoms with Crippen LogP contribution in [0, 0.1) is 5.92 Å². The summed E-state index contributed by atoms with van der Waals surface area (Å²) in [5.74, 6) is 0.348. The number of carboxylic acids is 1. The van der Waals surface area contributed by atoms with Gasteiger partial charge in [-0.2, -0.15) is 0 Å². The predicted molar refractivity (Wildman–Crippen MR) is 120 cm³/mol. The van der Waals surface area contributed by atoms with Crippen LogP contribution in [0.1, 0.15) is 90.5 Å². The molecule has 2 aromatic carbocycles. The average molecular weight is 425 g/mol. The maximum absolute atomic E-state index is 12.6. The molecule has 2 aromatic rings. The number of methoxy groups -OCH3 is 1. The van der Waals surface area contributed by atoms with E-state index in [1.54, 1.807) is 43.5 Å². The number of rotatable bonds is 9. The summed E-state index contributed by atoms with van der Waals surface area (Å²) in [5.41, 5.74) is 1.08. The van der Waals surface area contributed by atoms with Crippen molar-refractivity contribution in [2.24, 2.45) is 5.92 Å². The van der Waals surface area contributed by atoms with E-state index in [9.17, 15) is 14.7 Å². The number of aromatic carboxylic acids is 1. The summed E-state index contributed by atoms with van der Waals surface area (Å²) in [5, 5.41) is 9.71. The molecule has 5 nitrogen and oxygen atoms in total. The molecule has 0 aromatic heterocycles. The van der Waals surface area contributed by atoms with Crippen LogP contribution in [0.2, 0.25) is 0 Å². The van der Waals surface area contributed by atoms with Gasteiger partial charge < -0.3 is 14.6 Å². The molecule has 0 radical (unpaired) electrons. The summed E-state index contributed by atoms with van der Waals surface area (Å²) in [6, 6.07) is 11.7. The number of esters is 1. The molecule has 5 heteroatoms. The van der Waals surface area contributed by atoms with Gasteiger partial charge >= 0.3 is 11.9 Å². The molecule has 0 bridgehead atoms. The highest BCUT2D eigenvalue weighted by Crippen LogP contribution is 2.38. The third-order valence-electron chi connectivity index (χ3n) is 6.30. The van der Waals surface area contributed by atoms with Crippen LogP contribution in [-0.2, 0) is 0 Å². The lowest BCUT2D eigenvalue weighted by atomic mass is 9.76. The minimum absolute atomic E-state index is 0.00100. The molecule has 166 valence electrons. The van der Waals surface area contributed by atoms with Crippen LogP contribution in [0.5, 0.6) is 11.5 Å². The number of benzene rings is 2. The largest absolute Gasteiger partial charge is 0.497 e. The fourth-order valence-electron chi connectivity index (χ4n) is 4.44. The molecule has 1 N–H and O–H groups in total. The first-order chi connectivity index (χ1) is 15.0. The monoisotopic (exact) mass is 424 g/mol. The first-order valence-electron chi connectivity index (χ1n) is 11.2. The number of carbonyl (C=O) groups excluding carboxylic acids is 1. The zero-order valence-electron chi connectivity index (χ0n) is 18.4. The van der Waals surface area contributed by atoms with Gasteiger partial charge in [0, 0.05) is 0 Å². The molecule has 0 atom stereocenters. The second-order valence-electron chi connectivity index (χ2n) is 8.39. The third-order valence-corrected chi connectivity index (χ3v) is 6.30. The van der Waals surface area contributed by atoms with Gasteiger partial charge in [-0.25, -0.2) is 9.59 Å². The molecule has 1 aliphatic carbocycles. The van der Waals surface area contributed by atoms with Crippen LogP contribution >= 0.6 is 0 Å². The van der Waals surface area contributed by atoms with Crippen LogP contribution in [0.25, 0.3) is 0 Å². The van der Waals surface area contributed by atoms with Gasteiger partial charge in [0.25, 0.3) is 0 Å². The molecule has 1 aliphatic rings. The lowest BCUT2D eigenvalue weighted by Gasteiger charge is -2.29. The molecule has 0 amide bonds. The highest BCUT2D eigenvalue weighted by molar-refractivity contribution is 6.03. The van der Waals surface area contributed by atoms with Gasteiger partial charge in [0.15, 0.2) is 0 Å². The second-order valence-corrected chi connectivity index (χ2v) is 8.39. The van der Waals surface area contributed by atoms with Gasteiger partial charge in [-0.1, -0.05) is 38.7 Å². The Kier molecular flexibility index (Phi) is 8.10. The SMILES string of the molecule is CCCCC[C@H]1CC[C@H](c2ccc(C(=O)Oc3ccc(OC)cc3)c(C(=O)O)c2)CC1. The van der Waals surface area contributed by atoms with E-state index in [1.807, 2.05) is 6.07 Å². The molecule has 1 fully saturated rings. The molecule has 3 rings (SSSR count). The highest BCUT2D eigenvalue weighted by atomic mass is 16.5. The summed E-state index contributed by atoms with van der Waals surface area (Å²) in [6.45, 7) is 2.23. The molecule has 0 aliphatic heterocycles. The first kappa shape index (κ1) is 22.9. The fourth-order valence-corrected chi connectivity index (χ4v) is 4.44. The van der Waals surface area contributed by atoms with Gasteiger partial charge in [0.2, 0.25) is 0 Å². The van der Waals surface area contributed by atoms with Crippen LogP contribution in [-0.4, -0.2) is 24.2 Å². The van der Waals surface area contributed by atoms with E-state index in [0.717, 1.165) is 24.3 Å². The Labute approximate surface area is 184 Å². The van der Waals surface area contributed by atoms with Gasteiger partial charge in [0.1, 0.15) is 11.5 Å². The first-order valence-corrected chi connectivity index (χ1v) is 11.2. The van der Waals surface area contributed by atoms with E-state index < -0.39 is 11.9 Å². The second kappa shape index (κ2) is 11.0. The molecule has 31 heavy (non-hydrogen) atoms. The zero-order valence-corrected chi connectivity index (χ0v) is 18.4. The van der Waals surface area contributed by atoms with E-state index in [2.05, 4.69) is 6.92 Å². The zero-order chi connectivity index (χ0) is 22.2. The minimum atomic E-state index is -1.11. The van der Waals surface area contributed by atoms with Crippen molar-refractivity contribution in [3.63, 3.8) is 0 Å². The van der Waals surface area contributed by atoms with E-state index in [0.29, 0.717) is 17.4 Å².